The van der Waals surface area contributed by atoms with Gasteiger partial charge in [-0.25, -0.2) is 13.6 Å². The highest BCUT2D eigenvalue weighted by atomic mass is 19.1. The average Bonchev–Trinajstić information content (AvgIpc) is 3.46. The molecule has 160 valence electrons. The van der Waals surface area contributed by atoms with Gasteiger partial charge in [-0.1, -0.05) is 0 Å². The lowest BCUT2D eigenvalue weighted by atomic mass is 9.87. The smallest absolute Gasteiger partial charge is 0.332 e. The van der Waals surface area contributed by atoms with Gasteiger partial charge in [-0.15, -0.1) is 0 Å². The third-order valence-electron chi connectivity index (χ3n) is 6.08. The van der Waals surface area contributed by atoms with Crippen LogP contribution in [0.2, 0.25) is 0 Å². The fraction of sp³-hybridized carbons (Fsp3) is 0.550. The number of hydrogen-bond acceptors (Lipinski definition) is 6. The summed E-state index contributed by atoms with van der Waals surface area (Å²) in [7, 11) is 0. The van der Waals surface area contributed by atoms with Crippen LogP contribution in [0.15, 0.2) is 15.7 Å². The number of aryl methyl sites for hydroxylation is 1. The molecule has 30 heavy (non-hydrogen) atoms. The molecule has 4 N–H and O–H groups in total. The molecule has 8 nitrogen and oxygen atoms in total. The Kier molecular flexibility index (Phi) is 5.34. The van der Waals surface area contributed by atoms with E-state index < -0.39 is 35.2 Å². The summed E-state index contributed by atoms with van der Waals surface area (Å²) in [6, 6.07) is 2.30. The molecule has 10 heteroatoms. The largest absolute Gasteiger partial charge is 0.350 e. The molecule has 4 rings (SSSR count). The summed E-state index contributed by atoms with van der Waals surface area (Å²) in [6.45, 7) is 2.43. The minimum absolute atomic E-state index is 0.0277. The quantitative estimate of drug-likeness (QED) is 0.471. The molecule has 1 saturated heterocycles. The second-order valence-electron chi connectivity index (χ2n) is 8.03. The molecule has 0 radical (unpaired) electrons. The first-order valence-electron chi connectivity index (χ1n) is 10.1. The van der Waals surface area contributed by atoms with E-state index in [0.29, 0.717) is 22.3 Å². The number of rotatable bonds is 6. The van der Waals surface area contributed by atoms with Crippen molar-refractivity contribution in [1.29, 1.82) is 5.26 Å². The van der Waals surface area contributed by atoms with Crippen LogP contribution >= 0.6 is 0 Å². The second kappa shape index (κ2) is 7.81. The summed E-state index contributed by atoms with van der Waals surface area (Å²) in [6.07, 6.45) is 0.527. The normalized spacial score (nSPS) is 22.3. The molecular formula is C20H24F2N6O2. The highest BCUT2D eigenvalue weighted by molar-refractivity contribution is 5.83. The zero-order chi connectivity index (χ0) is 21.6. The molecule has 1 aliphatic carbocycles. The van der Waals surface area contributed by atoms with Gasteiger partial charge in [0.2, 0.25) is 0 Å². The van der Waals surface area contributed by atoms with Gasteiger partial charge in [0.15, 0.2) is 0 Å². The monoisotopic (exact) mass is 418 g/mol. The third kappa shape index (κ3) is 3.28. The van der Waals surface area contributed by atoms with Gasteiger partial charge in [0.1, 0.15) is 12.0 Å². The van der Waals surface area contributed by atoms with Crippen LogP contribution < -0.4 is 27.7 Å². The van der Waals surface area contributed by atoms with Crippen molar-refractivity contribution in [2.75, 3.05) is 25.5 Å². The number of hydrogen-bond donors (Lipinski definition) is 3. The number of nitriles is 1. The Balaban J connectivity index is 1.96. The fourth-order valence-electron chi connectivity index (χ4n) is 4.48. The number of aromatic nitrogens is 2. The third-order valence-corrected chi connectivity index (χ3v) is 6.08. The van der Waals surface area contributed by atoms with Gasteiger partial charge < -0.3 is 16.5 Å². The highest BCUT2D eigenvalue weighted by Gasteiger charge is 2.38. The van der Waals surface area contributed by atoms with Crippen molar-refractivity contribution in [3.63, 3.8) is 0 Å². The summed E-state index contributed by atoms with van der Waals surface area (Å²) >= 11 is 0. The average molecular weight is 418 g/mol. The minimum atomic E-state index is -1.19. The first-order valence-corrected chi connectivity index (χ1v) is 10.1. The van der Waals surface area contributed by atoms with Gasteiger partial charge >= 0.3 is 5.69 Å². The Morgan fingerprint density at radius 3 is 2.73 bits per heavy atom. The molecule has 0 bridgehead atoms. The van der Waals surface area contributed by atoms with Gasteiger partial charge in [0, 0.05) is 49.6 Å². The van der Waals surface area contributed by atoms with Crippen LogP contribution in [-0.2, 0) is 0 Å². The standard InChI is InChI=1S/C20H24F2N6O2/c1-10-16(17(26-6-2-5-23)13-8-25-9-15(13)22)14(21)7-12-18(10)27(11-3-4-11)20(30)28(24)19(12)29/h7,11,13,15,17,25-26H,2-4,6,8-9,24H2,1H3. The van der Waals surface area contributed by atoms with E-state index in [4.69, 9.17) is 11.1 Å². The van der Waals surface area contributed by atoms with Gasteiger partial charge in [0.05, 0.1) is 17.0 Å². The molecule has 1 saturated carbocycles. The van der Waals surface area contributed by atoms with Crippen LogP contribution in [0.1, 0.15) is 42.5 Å². The van der Waals surface area contributed by atoms with Crippen molar-refractivity contribution in [2.45, 2.75) is 44.4 Å². The molecule has 2 aliphatic rings. The molecule has 1 aromatic carbocycles. The van der Waals surface area contributed by atoms with Gasteiger partial charge in [0.25, 0.3) is 5.56 Å². The molecule has 0 amide bonds. The lowest BCUT2D eigenvalue weighted by molar-refractivity contribution is 0.229. The Morgan fingerprint density at radius 2 is 2.13 bits per heavy atom. The van der Waals surface area contributed by atoms with Crippen molar-refractivity contribution >= 4 is 10.9 Å². The Morgan fingerprint density at radius 1 is 1.40 bits per heavy atom. The zero-order valence-corrected chi connectivity index (χ0v) is 16.6. The molecule has 1 aromatic heterocycles. The molecule has 1 aliphatic heterocycles. The van der Waals surface area contributed by atoms with Crippen LogP contribution in [0, 0.1) is 30.0 Å². The van der Waals surface area contributed by atoms with E-state index in [-0.39, 0.29) is 36.5 Å². The number of nitrogens with two attached hydrogens (primary N) is 1. The number of fused-ring (bicyclic) bond motifs is 1. The molecule has 3 unspecified atom stereocenters. The molecule has 0 spiro atoms. The summed E-state index contributed by atoms with van der Waals surface area (Å²) in [5, 5.41) is 15.0. The van der Waals surface area contributed by atoms with E-state index >= 15 is 4.39 Å². The summed E-state index contributed by atoms with van der Waals surface area (Å²) in [5.74, 6) is 4.45. The Labute approximate surface area is 171 Å². The Bertz CT molecular complexity index is 1150. The lowest BCUT2D eigenvalue weighted by Gasteiger charge is -2.29. The number of nitrogen functional groups attached to an aromatic ring is 1. The molecule has 2 aromatic rings. The Hall–Kier alpha value is -2.77. The number of nitrogens with one attached hydrogen (secondary N) is 2. The maximum atomic E-state index is 15.4. The van der Waals surface area contributed by atoms with Gasteiger partial charge in [-0.2, -0.15) is 9.94 Å². The number of nitrogens with zero attached hydrogens (tertiary/aromatic N) is 3. The summed E-state index contributed by atoms with van der Waals surface area (Å²) in [4.78, 5) is 25.3. The number of halogens is 2. The van der Waals surface area contributed by atoms with Gasteiger partial charge in [-0.3, -0.25) is 9.36 Å². The first kappa shape index (κ1) is 20.5. The van der Waals surface area contributed by atoms with Crippen molar-refractivity contribution in [3.8, 4) is 6.07 Å². The van der Waals surface area contributed by atoms with Gasteiger partial charge in [-0.05, 0) is 31.4 Å². The maximum absolute atomic E-state index is 15.4. The SMILES string of the molecule is Cc1c(C(NCCC#N)C2CNCC2F)c(F)cc2c(=O)n(N)c(=O)n(C3CC3)c12. The summed E-state index contributed by atoms with van der Waals surface area (Å²) in [5.41, 5.74) is -0.421. The molecule has 2 heterocycles. The van der Waals surface area contributed by atoms with E-state index in [1.807, 2.05) is 6.07 Å². The van der Waals surface area contributed by atoms with Crippen LogP contribution in [0.5, 0.6) is 0 Å². The number of alkyl halides is 1. The lowest BCUT2D eigenvalue weighted by Crippen LogP contribution is -2.45. The van der Waals surface area contributed by atoms with E-state index in [9.17, 15) is 14.0 Å². The van der Waals surface area contributed by atoms with Crippen LogP contribution in [0.25, 0.3) is 10.9 Å². The number of benzene rings is 1. The topological polar surface area (TPSA) is 118 Å². The van der Waals surface area contributed by atoms with Crippen LogP contribution in [-0.4, -0.2) is 35.0 Å². The van der Waals surface area contributed by atoms with E-state index in [0.717, 1.165) is 18.9 Å². The van der Waals surface area contributed by atoms with E-state index in [1.54, 1.807) is 6.92 Å². The van der Waals surface area contributed by atoms with E-state index in [2.05, 4.69) is 10.6 Å². The van der Waals surface area contributed by atoms with Crippen molar-refractivity contribution in [2.24, 2.45) is 5.92 Å². The molecule has 3 atom stereocenters. The fourth-order valence-corrected chi connectivity index (χ4v) is 4.48. The maximum Gasteiger partial charge on any atom is 0.350 e. The van der Waals surface area contributed by atoms with E-state index in [1.165, 1.54) is 4.57 Å². The van der Waals surface area contributed by atoms with Crippen molar-refractivity contribution in [3.05, 3.63) is 43.8 Å². The molecule has 2 fully saturated rings. The van der Waals surface area contributed by atoms with Crippen LogP contribution in [0.3, 0.4) is 0 Å². The first-order chi connectivity index (χ1) is 14.4. The molecular weight excluding hydrogens is 394 g/mol. The minimum Gasteiger partial charge on any atom is -0.332 e. The highest BCUT2D eigenvalue weighted by Crippen LogP contribution is 2.39. The summed E-state index contributed by atoms with van der Waals surface area (Å²) < 4.78 is 31.9. The van der Waals surface area contributed by atoms with Crippen molar-refractivity contribution in [1.82, 2.24) is 19.9 Å². The predicted molar refractivity (Wildman–Crippen MR) is 108 cm³/mol. The second-order valence-corrected chi connectivity index (χ2v) is 8.03. The van der Waals surface area contributed by atoms with Crippen LogP contribution in [0.4, 0.5) is 8.78 Å². The predicted octanol–water partition coefficient (Wildman–Crippen LogP) is 0.761. The zero-order valence-electron chi connectivity index (χ0n) is 16.6. The van der Waals surface area contributed by atoms with Crippen molar-refractivity contribution < 1.29 is 8.78 Å².